The molecule has 3 fully saturated rings. The van der Waals surface area contributed by atoms with Crippen molar-refractivity contribution in [2.45, 2.75) is 102 Å². The lowest BCUT2D eigenvalue weighted by molar-refractivity contribution is -0.131. The molecule has 3 heterocycles. The molecule has 5 rings (SSSR count). The van der Waals surface area contributed by atoms with Crippen LogP contribution in [-0.4, -0.2) is 105 Å². The molecule has 1 aromatic heterocycles. The van der Waals surface area contributed by atoms with Crippen molar-refractivity contribution in [3.05, 3.63) is 50.4 Å². The minimum absolute atomic E-state index is 0.0106. The van der Waals surface area contributed by atoms with Crippen LogP contribution in [-0.2, 0) is 36.7 Å². The van der Waals surface area contributed by atoms with Crippen LogP contribution in [0.2, 0.25) is 5.02 Å². The molecule has 3 aliphatic rings. The molecule has 0 radical (unpaired) electrons. The number of piperidine rings is 1. The molecule has 1 aliphatic carbocycles. The predicted molar refractivity (Wildman–Crippen MR) is 192 cm³/mol. The van der Waals surface area contributed by atoms with Crippen LogP contribution in [0.5, 0.6) is 0 Å². The van der Waals surface area contributed by atoms with Crippen molar-refractivity contribution in [1.82, 2.24) is 20.1 Å². The first-order valence-electron chi connectivity index (χ1n) is 18.0. The van der Waals surface area contributed by atoms with Crippen molar-refractivity contribution in [3.8, 4) is 0 Å². The summed E-state index contributed by atoms with van der Waals surface area (Å²) >= 11 is 8.57. The van der Waals surface area contributed by atoms with Crippen LogP contribution in [0.25, 0.3) is 0 Å². The minimum atomic E-state index is -0.465. The number of morpholine rings is 1. The van der Waals surface area contributed by atoms with Gasteiger partial charge in [0.05, 0.1) is 49.4 Å². The fraction of sp³-hybridized carbons (Fsp3) is 0.703. The molecule has 1 atom stereocenters. The second kappa shape index (κ2) is 18.4. The molecular formula is C37H55ClN4O6S. The van der Waals surface area contributed by atoms with E-state index in [9.17, 15) is 9.59 Å². The Kier molecular flexibility index (Phi) is 14.3. The van der Waals surface area contributed by atoms with Gasteiger partial charge in [0.2, 0.25) is 5.91 Å². The van der Waals surface area contributed by atoms with Gasteiger partial charge in [-0.3, -0.25) is 14.5 Å². The number of hydrogen-bond donors (Lipinski definition) is 1. The van der Waals surface area contributed by atoms with Gasteiger partial charge in [-0.25, -0.2) is 4.98 Å². The van der Waals surface area contributed by atoms with E-state index in [4.69, 9.17) is 30.5 Å². The monoisotopic (exact) mass is 718 g/mol. The Morgan fingerprint density at radius 2 is 1.84 bits per heavy atom. The van der Waals surface area contributed by atoms with Crippen molar-refractivity contribution >= 4 is 34.8 Å². The van der Waals surface area contributed by atoms with Gasteiger partial charge in [0.1, 0.15) is 5.69 Å². The van der Waals surface area contributed by atoms with Crippen molar-refractivity contribution in [2.24, 2.45) is 5.92 Å². The summed E-state index contributed by atoms with van der Waals surface area (Å²) < 4.78 is 23.2. The van der Waals surface area contributed by atoms with E-state index in [1.165, 1.54) is 19.3 Å². The van der Waals surface area contributed by atoms with Gasteiger partial charge in [0.15, 0.2) is 6.29 Å². The number of ether oxygens (including phenoxy) is 4. The Morgan fingerprint density at radius 3 is 2.53 bits per heavy atom. The zero-order chi connectivity index (χ0) is 34.8. The van der Waals surface area contributed by atoms with Crippen LogP contribution >= 0.6 is 22.9 Å². The average molecular weight is 719 g/mol. The number of carbonyl (C=O) groups excluding carboxylic acids is 2. The van der Waals surface area contributed by atoms with Crippen molar-refractivity contribution in [2.75, 3.05) is 60.2 Å². The SMILES string of the molecule is COC(CNC(=O)CC(OCCc1cccc(CN2CCC3(CC2)CN(C(=O)c2csc(C(C)C)n2)CCO3)c1Cl)C1CCCCC1)OC. The highest BCUT2D eigenvalue weighted by atomic mass is 35.5. The maximum atomic E-state index is 13.3. The number of thiazole rings is 1. The molecule has 12 heteroatoms. The highest BCUT2D eigenvalue weighted by molar-refractivity contribution is 7.09. The van der Waals surface area contributed by atoms with E-state index >= 15 is 0 Å². The van der Waals surface area contributed by atoms with E-state index in [-0.39, 0.29) is 23.5 Å². The number of likely N-dealkylation sites (tertiary alicyclic amines) is 1. The normalized spacial score (nSPS) is 19.5. The maximum Gasteiger partial charge on any atom is 0.273 e. The molecule has 49 heavy (non-hydrogen) atoms. The van der Waals surface area contributed by atoms with Gasteiger partial charge in [-0.2, -0.15) is 0 Å². The van der Waals surface area contributed by atoms with E-state index in [1.54, 1.807) is 25.6 Å². The molecule has 1 N–H and O–H groups in total. The van der Waals surface area contributed by atoms with Gasteiger partial charge in [0, 0.05) is 56.7 Å². The summed E-state index contributed by atoms with van der Waals surface area (Å²) in [6.45, 7) is 9.29. The largest absolute Gasteiger partial charge is 0.377 e. The Hall–Kier alpha value is -2.12. The molecular weight excluding hydrogens is 664 g/mol. The van der Waals surface area contributed by atoms with E-state index in [2.05, 4.69) is 47.2 Å². The number of aromatic nitrogens is 1. The quantitative estimate of drug-likeness (QED) is 0.222. The summed E-state index contributed by atoms with van der Waals surface area (Å²) in [6, 6.07) is 6.26. The molecule has 1 spiro atoms. The van der Waals surface area contributed by atoms with Crippen LogP contribution in [0, 0.1) is 5.92 Å². The molecule has 10 nitrogen and oxygen atoms in total. The van der Waals surface area contributed by atoms with E-state index < -0.39 is 6.29 Å². The van der Waals surface area contributed by atoms with E-state index in [0.29, 0.717) is 63.2 Å². The number of amides is 2. The summed E-state index contributed by atoms with van der Waals surface area (Å²) in [5, 5.41) is 6.61. The number of benzene rings is 1. The maximum absolute atomic E-state index is 13.3. The molecule has 1 saturated carbocycles. The average Bonchev–Trinajstić information content (AvgIpc) is 3.62. The molecule has 2 saturated heterocycles. The van der Waals surface area contributed by atoms with Crippen LogP contribution in [0.1, 0.15) is 97.8 Å². The third kappa shape index (κ3) is 10.5. The van der Waals surface area contributed by atoms with Crippen LogP contribution in [0.15, 0.2) is 23.6 Å². The van der Waals surface area contributed by atoms with Gasteiger partial charge in [0.25, 0.3) is 5.91 Å². The minimum Gasteiger partial charge on any atom is -0.377 e. The molecule has 2 amide bonds. The number of methoxy groups -OCH3 is 2. The summed E-state index contributed by atoms with van der Waals surface area (Å²) in [4.78, 5) is 35.1. The molecule has 2 aromatic rings. The first kappa shape index (κ1) is 38.1. The van der Waals surface area contributed by atoms with E-state index in [0.717, 1.165) is 66.5 Å². The number of nitrogens with one attached hydrogen (secondary N) is 1. The Labute approximate surface area is 301 Å². The first-order chi connectivity index (χ1) is 23.7. The highest BCUT2D eigenvalue weighted by Gasteiger charge is 2.41. The van der Waals surface area contributed by atoms with Crippen molar-refractivity contribution < 1.29 is 28.5 Å². The summed E-state index contributed by atoms with van der Waals surface area (Å²) in [6.07, 6.45) is 7.95. The molecule has 0 bridgehead atoms. The first-order valence-corrected chi connectivity index (χ1v) is 19.3. The number of nitrogens with zero attached hydrogens (tertiary/aromatic N) is 3. The second-order valence-electron chi connectivity index (χ2n) is 14.1. The van der Waals surface area contributed by atoms with E-state index in [1.807, 2.05) is 10.3 Å². The predicted octanol–water partition coefficient (Wildman–Crippen LogP) is 6.06. The zero-order valence-corrected chi connectivity index (χ0v) is 31.3. The molecule has 1 aromatic carbocycles. The van der Waals surface area contributed by atoms with Gasteiger partial charge in [-0.1, -0.05) is 62.9 Å². The number of halogens is 1. The molecule has 272 valence electrons. The number of rotatable bonds is 15. The fourth-order valence-electron chi connectivity index (χ4n) is 7.34. The summed E-state index contributed by atoms with van der Waals surface area (Å²) in [5.41, 5.74) is 2.41. The van der Waals surface area contributed by atoms with Crippen LogP contribution < -0.4 is 5.32 Å². The smallest absolute Gasteiger partial charge is 0.273 e. The number of carbonyl (C=O) groups is 2. The van der Waals surface area contributed by atoms with Gasteiger partial charge >= 0.3 is 0 Å². The molecule has 2 aliphatic heterocycles. The topological polar surface area (TPSA) is 102 Å². The lowest BCUT2D eigenvalue weighted by Crippen LogP contribution is -2.58. The third-order valence-electron chi connectivity index (χ3n) is 10.3. The summed E-state index contributed by atoms with van der Waals surface area (Å²) in [5.74, 6) is 0.662. The molecule has 1 unspecified atom stereocenters. The van der Waals surface area contributed by atoms with Gasteiger partial charge in [-0.15, -0.1) is 11.3 Å². The van der Waals surface area contributed by atoms with Gasteiger partial charge in [-0.05, 0) is 49.1 Å². The Morgan fingerprint density at radius 1 is 1.10 bits per heavy atom. The van der Waals surface area contributed by atoms with Gasteiger partial charge < -0.3 is 29.2 Å². The zero-order valence-electron chi connectivity index (χ0n) is 29.7. The fourth-order valence-corrected chi connectivity index (χ4v) is 8.43. The summed E-state index contributed by atoms with van der Waals surface area (Å²) in [7, 11) is 3.13. The van der Waals surface area contributed by atoms with Crippen LogP contribution in [0.4, 0.5) is 0 Å². The second-order valence-corrected chi connectivity index (χ2v) is 15.4. The van der Waals surface area contributed by atoms with Crippen molar-refractivity contribution in [3.63, 3.8) is 0 Å². The standard InChI is InChI=1S/C37H55ClN4O6S/c1-26(2)35-40-30(24-49-35)36(44)42-18-20-48-37(25-42)14-16-41(17-15-37)23-29-12-8-11-28(34(29)38)13-19-47-31(27-9-6-5-7-10-27)21-32(43)39-22-33(45-3)46-4/h8,11-12,24,26-27,31,33H,5-7,9-10,13-23,25H2,1-4H3,(H,39,43). The van der Waals surface area contributed by atoms with Crippen LogP contribution in [0.3, 0.4) is 0 Å². The lowest BCUT2D eigenvalue weighted by atomic mass is 9.84. The highest BCUT2D eigenvalue weighted by Crippen LogP contribution is 2.34. The lowest BCUT2D eigenvalue weighted by Gasteiger charge is -2.47. The van der Waals surface area contributed by atoms with Crippen molar-refractivity contribution in [1.29, 1.82) is 0 Å². The Balaban J connectivity index is 1.11. The Bertz CT molecular complexity index is 1360. The third-order valence-corrected chi connectivity index (χ3v) is 12.0. The number of hydrogen-bond acceptors (Lipinski definition) is 9.